The molecule has 0 atom stereocenters. The number of fused-ring (bicyclic) bond motifs is 1. The molecule has 3 aromatic rings. The Labute approximate surface area is 160 Å². The van der Waals surface area contributed by atoms with Crippen molar-refractivity contribution in [2.45, 2.75) is 45.4 Å². The molecule has 0 saturated heterocycles. The molecule has 138 valence electrons. The van der Waals surface area contributed by atoms with Crippen LogP contribution in [0.3, 0.4) is 0 Å². The average Bonchev–Trinajstić information content (AvgIpc) is 3.11. The molecule has 0 amide bonds. The number of ether oxygens (including phenoxy) is 2. The molecular weight excluding hydrogens is 342 g/mol. The fraction of sp³-hybridized carbons (Fsp3) is 0.409. The van der Waals surface area contributed by atoms with Crippen LogP contribution in [0.25, 0.3) is 20.8 Å². The monoisotopic (exact) mass is 369 g/mol. The van der Waals surface area contributed by atoms with E-state index in [1.807, 2.05) is 30.3 Å². The summed E-state index contributed by atoms with van der Waals surface area (Å²) in [6, 6.07) is 14.3. The maximum Gasteiger partial charge on any atom is 0.124 e. The van der Waals surface area contributed by atoms with Gasteiger partial charge in [0.25, 0.3) is 0 Å². The standard InChI is InChI=1S/C22H27NO2S/c1-3-4-5-6-7-8-15-25-18-11-9-17(10-12-18)22-23-20-14-13-19(24-2)16-21(20)26-22/h9-14,16H,3-8,15H2,1-2H3. The molecule has 0 saturated carbocycles. The first-order chi connectivity index (χ1) is 12.8. The van der Waals surface area contributed by atoms with Crippen molar-refractivity contribution in [3.8, 4) is 22.1 Å². The minimum atomic E-state index is 0.798. The second-order valence-electron chi connectivity index (χ2n) is 6.49. The summed E-state index contributed by atoms with van der Waals surface area (Å²) in [7, 11) is 1.69. The first kappa shape index (κ1) is 18.7. The molecule has 0 aliphatic rings. The Balaban J connectivity index is 1.54. The van der Waals surface area contributed by atoms with Crippen LogP contribution in [0.5, 0.6) is 11.5 Å². The summed E-state index contributed by atoms with van der Waals surface area (Å²) < 4.78 is 12.3. The molecule has 0 N–H and O–H groups in total. The van der Waals surface area contributed by atoms with E-state index < -0.39 is 0 Å². The summed E-state index contributed by atoms with van der Waals surface area (Å²) in [6.07, 6.45) is 7.70. The zero-order valence-corrected chi connectivity index (χ0v) is 16.5. The summed E-state index contributed by atoms with van der Waals surface area (Å²) in [5, 5.41) is 1.02. The Hall–Kier alpha value is -2.07. The molecule has 3 nitrogen and oxygen atoms in total. The van der Waals surface area contributed by atoms with Crippen LogP contribution in [-0.4, -0.2) is 18.7 Å². The third-order valence-corrected chi connectivity index (χ3v) is 5.53. The van der Waals surface area contributed by atoms with Crippen molar-refractivity contribution >= 4 is 21.6 Å². The number of nitrogens with zero attached hydrogens (tertiary/aromatic N) is 1. The topological polar surface area (TPSA) is 31.4 Å². The molecule has 0 aliphatic heterocycles. The normalized spacial score (nSPS) is 11.0. The summed E-state index contributed by atoms with van der Waals surface area (Å²) in [4.78, 5) is 4.72. The Morgan fingerprint density at radius 1 is 0.885 bits per heavy atom. The highest BCUT2D eigenvalue weighted by Gasteiger charge is 2.07. The Morgan fingerprint density at radius 3 is 2.38 bits per heavy atom. The van der Waals surface area contributed by atoms with Crippen molar-refractivity contribution in [2.75, 3.05) is 13.7 Å². The zero-order valence-electron chi connectivity index (χ0n) is 15.7. The van der Waals surface area contributed by atoms with Gasteiger partial charge in [0.15, 0.2) is 0 Å². The predicted octanol–water partition coefficient (Wildman–Crippen LogP) is 6.71. The summed E-state index contributed by atoms with van der Waals surface area (Å²) in [6.45, 7) is 3.05. The van der Waals surface area contributed by atoms with E-state index in [2.05, 4.69) is 19.1 Å². The van der Waals surface area contributed by atoms with Crippen LogP contribution in [0, 0.1) is 0 Å². The Kier molecular flexibility index (Phi) is 6.89. The number of thiazole rings is 1. The highest BCUT2D eigenvalue weighted by Crippen LogP contribution is 2.33. The van der Waals surface area contributed by atoms with Gasteiger partial charge in [-0.1, -0.05) is 39.0 Å². The molecule has 0 aliphatic carbocycles. The lowest BCUT2D eigenvalue weighted by molar-refractivity contribution is 0.304. The number of aromatic nitrogens is 1. The number of hydrogen-bond donors (Lipinski definition) is 0. The molecule has 4 heteroatoms. The highest BCUT2D eigenvalue weighted by atomic mass is 32.1. The molecule has 1 aromatic heterocycles. The summed E-state index contributed by atoms with van der Waals surface area (Å²) in [5.41, 5.74) is 2.13. The van der Waals surface area contributed by atoms with E-state index in [1.54, 1.807) is 18.4 Å². The molecule has 0 spiro atoms. The molecule has 3 rings (SSSR count). The van der Waals surface area contributed by atoms with Crippen molar-refractivity contribution in [3.63, 3.8) is 0 Å². The van der Waals surface area contributed by atoms with E-state index in [0.29, 0.717) is 0 Å². The van der Waals surface area contributed by atoms with Crippen LogP contribution in [0.4, 0.5) is 0 Å². The van der Waals surface area contributed by atoms with Gasteiger partial charge in [-0.05, 0) is 48.9 Å². The maximum absolute atomic E-state index is 5.86. The first-order valence-electron chi connectivity index (χ1n) is 9.48. The largest absolute Gasteiger partial charge is 0.497 e. The Morgan fingerprint density at radius 2 is 1.62 bits per heavy atom. The second-order valence-corrected chi connectivity index (χ2v) is 7.52. The van der Waals surface area contributed by atoms with E-state index in [4.69, 9.17) is 14.5 Å². The molecular formula is C22H27NO2S. The predicted molar refractivity (Wildman–Crippen MR) is 110 cm³/mol. The summed E-state index contributed by atoms with van der Waals surface area (Å²) in [5.74, 6) is 1.80. The lowest BCUT2D eigenvalue weighted by Gasteiger charge is -2.06. The molecule has 26 heavy (non-hydrogen) atoms. The quantitative estimate of drug-likeness (QED) is 0.372. The van der Waals surface area contributed by atoms with Gasteiger partial charge in [0.2, 0.25) is 0 Å². The van der Waals surface area contributed by atoms with Gasteiger partial charge in [-0.2, -0.15) is 0 Å². The number of rotatable bonds is 10. The number of unbranched alkanes of at least 4 members (excludes halogenated alkanes) is 5. The van der Waals surface area contributed by atoms with Gasteiger partial charge in [0, 0.05) is 5.56 Å². The van der Waals surface area contributed by atoms with E-state index in [9.17, 15) is 0 Å². The van der Waals surface area contributed by atoms with E-state index >= 15 is 0 Å². The number of hydrogen-bond acceptors (Lipinski definition) is 4. The lowest BCUT2D eigenvalue weighted by atomic mass is 10.1. The van der Waals surface area contributed by atoms with Crippen LogP contribution in [-0.2, 0) is 0 Å². The van der Waals surface area contributed by atoms with E-state index in [0.717, 1.165) is 45.3 Å². The first-order valence-corrected chi connectivity index (χ1v) is 10.3. The molecule has 1 heterocycles. The van der Waals surface area contributed by atoms with Gasteiger partial charge in [-0.15, -0.1) is 11.3 Å². The van der Waals surface area contributed by atoms with E-state index in [1.165, 1.54) is 32.1 Å². The summed E-state index contributed by atoms with van der Waals surface area (Å²) >= 11 is 1.68. The minimum absolute atomic E-state index is 0.798. The smallest absolute Gasteiger partial charge is 0.124 e. The van der Waals surface area contributed by atoms with Crippen LogP contribution < -0.4 is 9.47 Å². The van der Waals surface area contributed by atoms with Crippen molar-refractivity contribution in [1.29, 1.82) is 0 Å². The number of methoxy groups -OCH3 is 1. The van der Waals surface area contributed by atoms with Crippen LogP contribution in [0.1, 0.15) is 45.4 Å². The van der Waals surface area contributed by atoms with Crippen molar-refractivity contribution in [3.05, 3.63) is 42.5 Å². The second kappa shape index (κ2) is 9.58. The molecule has 0 bridgehead atoms. The van der Waals surface area contributed by atoms with Crippen LogP contribution in [0.15, 0.2) is 42.5 Å². The highest BCUT2D eigenvalue weighted by molar-refractivity contribution is 7.21. The fourth-order valence-corrected chi connectivity index (χ4v) is 3.92. The molecule has 0 radical (unpaired) electrons. The Bertz CT molecular complexity index is 811. The molecule has 0 fully saturated rings. The zero-order chi connectivity index (χ0) is 18.2. The molecule has 0 unspecified atom stereocenters. The minimum Gasteiger partial charge on any atom is -0.497 e. The van der Waals surface area contributed by atoms with Gasteiger partial charge in [0.05, 0.1) is 23.9 Å². The average molecular weight is 370 g/mol. The van der Waals surface area contributed by atoms with Crippen molar-refractivity contribution in [1.82, 2.24) is 4.98 Å². The van der Waals surface area contributed by atoms with Crippen LogP contribution in [0.2, 0.25) is 0 Å². The van der Waals surface area contributed by atoms with Gasteiger partial charge in [0.1, 0.15) is 16.5 Å². The van der Waals surface area contributed by atoms with Crippen LogP contribution >= 0.6 is 11.3 Å². The SMILES string of the molecule is CCCCCCCCOc1ccc(-c2nc3ccc(OC)cc3s2)cc1. The van der Waals surface area contributed by atoms with Crippen molar-refractivity contribution in [2.24, 2.45) is 0 Å². The maximum atomic E-state index is 5.86. The van der Waals surface area contributed by atoms with Gasteiger partial charge in [-0.3, -0.25) is 0 Å². The number of benzene rings is 2. The third-order valence-electron chi connectivity index (χ3n) is 4.46. The van der Waals surface area contributed by atoms with E-state index in [-0.39, 0.29) is 0 Å². The molecule has 2 aromatic carbocycles. The lowest BCUT2D eigenvalue weighted by Crippen LogP contribution is -1.97. The van der Waals surface area contributed by atoms with Gasteiger partial charge < -0.3 is 9.47 Å². The fourth-order valence-electron chi connectivity index (χ4n) is 2.92. The van der Waals surface area contributed by atoms with Crippen molar-refractivity contribution < 1.29 is 9.47 Å². The van der Waals surface area contributed by atoms with Gasteiger partial charge >= 0.3 is 0 Å². The van der Waals surface area contributed by atoms with Gasteiger partial charge in [-0.25, -0.2) is 4.98 Å². The third kappa shape index (κ3) is 4.98.